The first-order valence-corrected chi connectivity index (χ1v) is 5.14. The Kier molecular flexibility index (Phi) is 3.72. The van der Waals surface area contributed by atoms with Crippen molar-refractivity contribution in [3.8, 4) is 5.75 Å². The topological polar surface area (TPSA) is 52.3 Å². The van der Waals surface area contributed by atoms with E-state index in [1.165, 1.54) is 0 Å². The van der Waals surface area contributed by atoms with Crippen molar-refractivity contribution in [2.24, 2.45) is 5.73 Å². The van der Waals surface area contributed by atoms with Crippen LogP contribution in [0.3, 0.4) is 0 Å². The van der Waals surface area contributed by atoms with Crippen LogP contribution in [0.5, 0.6) is 5.75 Å². The normalized spacial score (nSPS) is 10.1. The van der Waals surface area contributed by atoms with Crippen molar-refractivity contribution >= 4 is 5.91 Å². The molecule has 1 rings (SSSR count). The summed E-state index contributed by atoms with van der Waals surface area (Å²) in [6, 6.07) is 3.54. The molecular weight excluding hydrogens is 190 g/mol. The highest BCUT2D eigenvalue weighted by Crippen LogP contribution is 2.26. The van der Waals surface area contributed by atoms with Crippen LogP contribution >= 0.6 is 0 Å². The van der Waals surface area contributed by atoms with Crippen molar-refractivity contribution in [3.05, 3.63) is 28.8 Å². The third kappa shape index (κ3) is 2.12. The summed E-state index contributed by atoms with van der Waals surface area (Å²) in [7, 11) is 1.64. The Morgan fingerprint density at radius 2 is 1.87 bits per heavy atom. The zero-order valence-corrected chi connectivity index (χ0v) is 9.46. The number of rotatable bonds is 4. The van der Waals surface area contributed by atoms with Gasteiger partial charge in [-0.3, -0.25) is 4.79 Å². The summed E-state index contributed by atoms with van der Waals surface area (Å²) in [5.41, 5.74) is 8.02. The highest BCUT2D eigenvalue weighted by atomic mass is 16.5. The maximum atomic E-state index is 11.2. The summed E-state index contributed by atoms with van der Waals surface area (Å²) in [5, 5.41) is 0. The average molecular weight is 207 g/mol. The predicted molar refractivity (Wildman–Crippen MR) is 60.3 cm³/mol. The Hall–Kier alpha value is -1.51. The molecule has 3 nitrogen and oxygen atoms in total. The summed E-state index contributed by atoms with van der Waals surface area (Å²) in [6.07, 6.45) is 1.63. The van der Waals surface area contributed by atoms with Crippen LogP contribution in [0.25, 0.3) is 0 Å². The zero-order valence-electron chi connectivity index (χ0n) is 9.46. The molecule has 15 heavy (non-hydrogen) atoms. The molecule has 1 aromatic rings. The monoisotopic (exact) mass is 207 g/mol. The van der Waals surface area contributed by atoms with Crippen LogP contribution in [0.2, 0.25) is 0 Å². The Morgan fingerprint density at radius 1 is 1.27 bits per heavy atom. The molecule has 1 amide bonds. The maximum absolute atomic E-state index is 11.2. The number of hydrogen-bond acceptors (Lipinski definition) is 2. The van der Waals surface area contributed by atoms with Gasteiger partial charge in [-0.1, -0.05) is 13.8 Å². The number of carbonyl (C=O) groups is 1. The van der Waals surface area contributed by atoms with Gasteiger partial charge in [0.2, 0.25) is 5.91 Å². The van der Waals surface area contributed by atoms with Crippen LogP contribution in [-0.2, 0) is 12.8 Å². The first-order chi connectivity index (χ1) is 7.15. The SMILES string of the molecule is CCc1c(OC)ccc(C(N)=O)c1CC. The van der Waals surface area contributed by atoms with Crippen LogP contribution in [0.4, 0.5) is 0 Å². The molecule has 2 N–H and O–H groups in total. The van der Waals surface area contributed by atoms with Gasteiger partial charge in [-0.2, -0.15) is 0 Å². The lowest BCUT2D eigenvalue weighted by atomic mass is 9.96. The second-order valence-electron chi connectivity index (χ2n) is 3.34. The van der Waals surface area contributed by atoms with E-state index in [2.05, 4.69) is 0 Å². The summed E-state index contributed by atoms with van der Waals surface area (Å²) in [5.74, 6) is 0.462. The molecule has 0 aromatic heterocycles. The Bertz CT molecular complexity index is 372. The number of nitrogens with two attached hydrogens (primary N) is 1. The quantitative estimate of drug-likeness (QED) is 0.820. The van der Waals surface area contributed by atoms with E-state index in [0.29, 0.717) is 5.56 Å². The van der Waals surface area contributed by atoms with Gasteiger partial charge in [0.1, 0.15) is 5.75 Å². The minimum Gasteiger partial charge on any atom is -0.496 e. The van der Waals surface area contributed by atoms with Crippen molar-refractivity contribution < 1.29 is 9.53 Å². The third-order valence-electron chi connectivity index (χ3n) is 2.58. The molecule has 82 valence electrons. The lowest BCUT2D eigenvalue weighted by Crippen LogP contribution is -2.15. The van der Waals surface area contributed by atoms with Gasteiger partial charge in [-0.15, -0.1) is 0 Å². The predicted octanol–water partition coefficient (Wildman–Crippen LogP) is 1.92. The van der Waals surface area contributed by atoms with E-state index in [1.807, 2.05) is 13.8 Å². The van der Waals surface area contributed by atoms with Crippen molar-refractivity contribution in [1.29, 1.82) is 0 Å². The third-order valence-corrected chi connectivity index (χ3v) is 2.58. The van der Waals surface area contributed by atoms with E-state index < -0.39 is 0 Å². The molecule has 0 heterocycles. The fourth-order valence-corrected chi connectivity index (χ4v) is 1.89. The van der Waals surface area contributed by atoms with Crippen molar-refractivity contribution in [2.75, 3.05) is 7.11 Å². The summed E-state index contributed by atoms with van der Waals surface area (Å²) in [6.45, 7) is 4.06. The average Bonchev–Trinajstić information content (AvgIpc) is 2.26. The van der Waals surface area contributed by atoms with E-state index in [4.69, 9.17) is 10.5 Å². The van der Waals surface area contributed by atoms with Gasteiger partial charge >= 0.3 is 0 Å². The highest BCUT2D eigenvalue weighted by molar-refractivity contribution is 5.95. The van der Waals surface area contributed by atoms with Gasteiger partial charge in [0.15, 0.2) is 0 Å². The second-order valence-corrected chi connectivity index (χ2v) is 3.34. The van der Waals surface area contributed by atoms with Crippen LogP contribution in [0, 0.1) is 0 Å². The summed E-state index contributed by atoms with van der Waals surface area (Å²) < 4.78 is 5.26. The van der Waals surface area contributed by atoms with Crippen LogP contribution in [0.15, 0.2) is 12.1 Å². The number of ether oxygens (including phenoxy) is 1. The summed E-state index contributed by atoms with van der Waals surface area (Å²) in [4.78, 5) is 11.2. The number of primary amides is 1. The van der Waals surface area contributed by atoms with Gasteiger partial charge in [-0.05, 0) is 36.1 Å². The minimum atomic E-state index is -0.371. The van der Waals surface area contributed by atoms with E-state index >= 15 is 0 Å². The Labute approximate surface area is 90.2 Å². The van der Waals surface area contributed by atoms with E-state index in [0.717, 1.165) is 29.7 Å². The highest BCUT2D eigenvalue weighted by Gasteiger charge is 2.14. The first kappa shape index (κ1) is 11.6. The lowest BCUT2D eigenvalue weighted by Gasteiger charge is -2.14. The zero-order chi connectivity index (χ0) is 11.4. The molecule has 3 heteroatoms. The van der Waals surface area contributed by atoms with E-state index in [-0.39, 0.29) is 5.91 Å². The van der Waals surface area contributed by atoms with Gasteiger partial charge in [0.05, 0.1) is 7.11 Å². The molecule has 0 fully saturated rings. The minimum absolute atomic E-state index is 0.371. The number of hydrogen-bond donors (Lipinski definition) is 1. The molecule has 0 bridgehead atoms. The molecule has 1 aromatic carbocycles. The molecule has 0 aliphatic heterocycles. The molecular formula is C12H17NO2. The largest absolute Gasteiger partial charge is 0.496 e. The van der Waals surface area contributed by atoms with Crippen molar-refractivity contribution in [1.82, 2.24) is 0 Å². The molecule has 0 saturated heterocycles. The first-order valence-electron chi connectivity index (χ1n) is 5.14. The van der Waals surface area contributed by atoms with Gasteiger partial charge in [0.25, 0.3) is 0 Å². The summed E-state index contributed by atoms with van der Waals surface area (Å²) >= 11 is 0. The fraction of sp³-hybridized carbons (Fsp3) is 0.417. The molecule has 0 spiro atoms. The van der Waals surface area contributed by atoms with E-state index in [9.17, 15) is 4.79 Å². The molecule has 0 atom stereocenters. The van der Waals surface area contributed by atoms with E-state index in [1.54, 1.807) is 19.2 Å². The van der Waals surface area contributed by atoms with Crippen LogP contribution in [0.1, 0.15) is 35.3 Å². The van der Waals surface area contributed by atoms with Crippen LogP contribution in [-0.4, -0.2) is 13.0 Å². The smallest absolute Gasteiger partial charge is 0.248 e. The van der Waals surface area contributed by atoms with Gasteiger partial charge < -0.3 is 10.5 Å². The van der Waals surface area contributed by atoms with Crippen molar-refractivity contribution in [3.63, 3.8) is 0 Å². The Balaban J connectivity index is 3.40. The Morgan fingerprint density at radius 3 is 2.27 bits per heavy atom. The van der Waals surface area contributed by atoms with Gasteiger partial charge in [-0.25, -0.2) is 0 Å². The lowest BCUT2D eigenvalue weighted by molar-refractivity contribution is 0.0999. The molecule has 0 unspecified atom stereocenters. The number of amides is 1. The number of benzene rings is 1. The molecule has 0 saturated carbocycles. The number of methoxy groups -OCH3 is 1. The number of carbonyl (C=O) groups excluding carboxylic acids is 1. The van der Waals surface area contributed by atoms with Crippen molar-refractivity contribution in [2.45, 2.75) is 26.7 Å². The molecule has 0 radical (unpaired) electrons. The second kappa shape index (κ2) is 4.82. The maximum Gasteiger partial charge on any atom is 0.248 e. The van der Waals surface area contributed by atoms with Crippen LogP contribution < -0.4 is 10.5 Å². The molecule has 0 aliphatic carbocycles. The standard InChI is InChI=1S/C12H17NO2/c1-4-8-9(5-2)11(15-3)7-6-10(8)12(13)14/h6-7H,4-5H2,1-3H3,(H2,13,14). The fourth-order valence-electron chi connectivity index (χ4n) is 1.89. The van der Waals surface area contributed by atoms with Gasteiger partial charge in [0, 0.05) is 5.56 Å². The molecule has 0 aliphatic rings.